The highest BCUT2D eigenvalue weighted by molar-refractivity contribution is 7.07. The summed E-state index contributed by atoms with van der Waals surface area (Å²) >= 11 is 1.72. The first-order valence-electron chi connectivity index (χ1n) is 9.06. The van der Waals surface area contributed by atoms with Gasteiger partial charge >= 0.3 is 0 Å². The van der Waals surface area contributed by atoms with Gasteiger partial charge in [-0.05, 0) is 67.5 Å². The maximum absolute atomic E-state index is 9.64. The second kappa shape index (κ2) is 8.74. The minimum Gasteiger partial charge on any atom is -0.396 e. The molecule has 1 saturated heterocycles. The van der Waals surface area contributed by atoms with E-state index in [1.807, 2.05) is 19.9 Å². The van der Waals surface area contributed by atoms with Gasteiger partial charge in [0.2, 0.25) is 5.95 Å². The van der Waals surface area contributed by atoms with Gasteiger partial charge in [0.15, 0.2) is 0 Å². The molecule has 0 bridgehead atoms. The van der Waals surface area contributed by atoms with Gasteiger partial charge in [-0.1, -0.05) is 0 Å². The Bertz CT molecular complexity index is 633. The van der Waals surface area contributed by atoms with E-state index in [1.54, 1.807) is 11.3 Å². The summed E-state index contributed by atoms with van der Waals surface area (Å²) in [5.41, 5.74) is 3.39. The van der Waals surface area contributed by atoms with Gasteiger partial charge in [0.25, 0.3) is 0 Å². The van der Waals surface area contributed by atoms with Crippen LogP contribution in [0.3, 0.4) is 0 Å². The molecule has 5 nitrogen and oxygen atoms in total. The van der Waals surface area contributed by atoms with Gasteiger partial charge in [-0.2, -0.15) is 11.3 Å². The SMILES string of the molecule is Cc1cc(C)nc(N2CCC(NC[C@@H](CO)Cc3ccsc3)CC2)n1. The molecule has 25 heavy (non-hydrogen) atoms. The molecule has 2 aromatic heterocycles. The van der Waals surface area contributed by atoms with Crippen LogP contribution in [0.2, 0.25) is 0 Å². The van der Waals surface area contributed by atoms with Crippen LogP contribution in [0.25, 0.3) is 0 Å². The standard InChI is InChI=1S/C19H28N4OS/c1-14-9-15(2)22-19(21-14)23-6-3-18(4-7-23)20-11-17(12-24)10-16-5-8-25-13-16/h5,8-9,13,17-18,20,24H,3-4,6-7,10-12H2,1-2H3/t17-/m0/s1. The topological polar surface area (TPSA) is 61.3 Å². The first kappa shape index (κ1) is 18.3. The highest BCUT2D eigenvalue weighted by Gasteiger charge is 2.22. The first-order valence-corrected chi connectivity index (χ1v) is 10.0. The molecule has 0 radical (unpaired) electrons. The van der Waals surface area contributed by atoms with Crippen molar-refractivity contribution >= 4 is 17.3 Å². The summed E-state index contributed by atoms with van der Waals surface area (Å²) in [6.45, 7) is 7.11. The molecule has 2 N–H and O–H groups in total. The van der Waals surface area contributed by atoms with E-state index in [0.717, 1.165) is 56.2 Å². The molecular formula is C19H28N4OS. The first-order chi connectivity index (χ1) is 12.1. The van der Waals surface area contributed by atoms with Gasteiger partial charge < -0.3 is 15.3 Å². The van der Waals surface area contributed by atoms with Crippen LogP contribution >= 0.6 is 11.3 Å². The highest BCUT2D eigenvalue weighted by atomic mass is 32.1. The van der Waals surface area contributed by atoms with Crippen molar-refractivity contribution in [2.24, 2.45) is 5.92 Å². The molecular weight excluding hydrogens is 332 g/mol. The Labute approximate surface area is 154 Å². The number of thiophene rings is 1. The Balaban J connectivity index is 1.45. The smallest absolute Gasteiger partial charge is 0.225 e. The lowest BCUT2D eigenvalue weighted by atomic mass is 10.00. The number of aromatic nitrogens is 2. The van der Waals surface area contributed by atoms with Crippen LogP contribution in [-0.2, 0) is 6.42 Å². The number of piperidine rings is 1. The number of rotatable bonds is 7. The number of aliphatic hydroxyl groups is 1. The number of hydrogen-bond acceptors (Lipinski definition) is 6. The predicted octanol–water partition coefficient (Wildman–Crippen LogP) is 2.56. The fourth-order valence-corrected chi connectivity index (χ4v) is 4.09. The molecule has 1 atom stereocenters. The van der Waals surface area contributed by atoms with Crippen LogP contribution in [-0.4, -0.2) is 47.4 Å². The average Bonchev–Trinajstić information content (AvgIpc) is 3.11. The Hall–Kier alpha value is -1.50. The van der Waals surface area contributed by atoms with Gasteiger partial charge in [-0.3, -0.25) is 0 Å². The molecule has 2 aromatic rings. The lowest BCUT2D eigenvalue weighted by molar-refractivity contribution is 0.215. The van der Waals surface area contributed by atoms with E-state index < -0.39 is 0 Å². The molecule has 0 amide bonds. The van der Waals surface area contributed by atoms with E-state index in [9.17, 15) is 5.11 Å². The zero-order chi connectivity index (χ0) is 17.6. The number of nitrogens with zero attached hydrogens (tertiary/aromatic N) is 3. The summed E-state index contributed by atoms with van der Waals surface area (Å²) in [7, 11) is 0. The van der Waals surface area contributed by atoms with Crippen molar-refractivity contribution < 1.29 is 5.11 Å². The van der Waals surface area contributed by atoms with Crippen LogP contribution < -0.4 is 10.2 Å². The van der Waals surface area contributed by atoms with E-state index in [0.29, 0.717) is 6.04 Å². The second-order valence-corrected chi connectivity index (χ2v) is 7.78. The summed E-state index contributed by atoms with van der Waals surface area (Å²) in [4.78, 5) is 11.4. The van der Waals surface area contributed by atoms with E-state index in [1.165, 1.54) is 5.56 Å². The molecule has 3 rings (SSSR count). The minimum absolute atomic E-state index is 0.234. The normalized spacial score (nSPS) is 17.0. The molecule has 0 aromatic carbocycles. The average molecular weight is 361 g/mol. The maximum Gasteiger partial charge on any atom is 0.225 e. The molecule has 0 unspecified atom stereocenters. The molecule has 0 saturated carbocycles. The largest absolute Gasteiger partial charge is 0.396 e. The highest BCUT2D eigenvalue weighted by Crippen LogP contribution is 2.18. The number of hydrogen-bond donors (Lipinski definition) is 2. The molecule has 3 heterocycles. The molecule has 1 aliphatic heterocycles. The monoisotopic (exact) mass is 360 g/mol. The van der Waals surface area contributed by atoms with Crippen LogP contribution in [0.1, 0.15) is 29.8 Å². The Morgan fingerprint density at radius 2 is 2.00 bits per heavy atom. The number of anilines is 1. The number of nitrogens with one attached hydrogen (secondary N) is 1. The van der Waals surface area contributed by atoms with Gasteiger partial charge in [0.05, 0.1) is 0 Å². The van der Waals surface area contributed by atoms with Gasteiger partial charge in [0.1, 0.15) is 0 Å². The maximum atomic E-state index is 9.64. The van der Waals surface area contributed by atoms with Gasteiger partial charge in [-0.15, -0.1) is 0 Å². The van der Waals surface area contributed by atoms with Crippen LogP contribution in [0, 0.1) is 19.8 Å². The van der Waals surface area contributed by atoms with Crippen molar-refractivity contribution in [2.45, 2.75) is 39.2 Å². The minimum atomic E-state index is 0.234. The lowest BCUT2D eigenvalue weighted by Crippen LogP contribution is -2.45. The van der Waals surface area contributed by atoms with Gasteiger partial charge in [0, 0.05) is 43.7 Å². The summed E-state index contributed by atoms with van der Waals surface area (Å²) < 4.78 is 0. The third-order valence-corrected chi connectivity index (χ3v) is 5.54. The van der Waals surface area contributed by atoms with E-state index in [2.05, 4.69) is 37.0 Å². The summed E-state index contributed by atoms with van der Waals surface area (Å²) in [5, 5.41) is 17.6. The molecule has 136 valence electrons. The predicted molar refractivity (Wildman–Crippen MR) is 103 cm³/mol. The van der Waals surface area contributed by atoms with Crippen LogP contribution in [0.15, 0.2) is 22.9 Å². The van der Waals surface area contributed by atoms with E-state index in [4.69, 9.17) is 0 Å². The Kier molecular flexibility index (Phi) is 6.39. The zero-order valence-electron chi connectivity index (χ0n) is 15.1. The van der Waals surface area contributed by atoms with E-state index in [-0.39, 0.29) is 12.5 Å². The molecule has 1 fully saturated rings. The number of aliphatic hydroxyl groups excluding tert-OH is 1. The Morgan fingerprint density at radius 3 is 2.60 bits per heavy atom. The molecule has 0 aliphatic carbocycles. The molecule has 1 aliphatic rings. The van der Waals surface area contributed by atoms with Crippen molar-refractivity contribution in [2.75, 3.05) is 31.1 Å². The van der Waals surface area contributed by atoms with Crippen molar-refractivity contribution in [3.8, 4) is 0 Å². The molecule has 6 heteroatoms. The van der Waals surface area contributed by atoms with Crippen molar-refractivity contribution in [1.29, 1.82) is 0 Å². The molecule has 0 spiro atoms. The van der Waals surface area contributed by atoms with Crippen molar-refractivity contribution in [3.05, 3.63) is 39.8 Å². The quantitative estimate of drug-likeness (QED) is 0.795. The third-order valence-electron chi connectivity index (χ3n) is 4.81. The van der Waals surface area contributed by atoms with Crippen LogP contribution in [0.5, 0.6) is 0 Å². The van der Waals surface area contributed by atoms with Gasteiger partial charge in [-0.25, -0.2) is 9.97 Å². The zero-order valence-corrected chi connectivity index (χ0v) is 15.9. The fraction of sp³-hybridized carbons (Fsp3) is 0.579. The van der Waals surface area contributed by atoms with Crippen molar-refractivity contribution in [3.63, 3.8) is 0 Å². The van der Waals surface area contributed by atoms with Crippen molar-refractivity contribution in [1.82, 2.24) is 15.3 Å². The summed E-state index contributed by atoms with van der Waals surface area (Å²) in [6, 6.07) is 4.68. The summed E-state index contributed by atoms with van der Waals surface area (Å²) in [5.74, 6) is 1.15. The third kappa shape index (κ3) is 5.23. The second-order valence-electron chi connectivity index (χ2n) is 7.00. The van der Waals surface area contributed by atoms with E-state index >= 15 is 0 Å². The fourth-order valence-electron chi connectivity index (χ4n) is 3.41. The van der Waals surface area contributed by atoms with Crippen LogP contribution in [0.4, 0.5) is 5.95 Å². The summed E-state index contributed by atoms with van der Waals surface area (Å²) in [6.07, 6.45) is 3.13. The Morgan fingerprint density at radius 1 is 1.28 bits per heavy atom. The number of aryl methyl sites for hydroxylation is 2. The lowest BCUT2D eigenvalue weighted by Gasteiger charge is -2.33.